The maximum absolute atomic E-state index is 11.9. The first-order chi connectivity index (χ1) is 7.80. The minimum Gasteiger partial charge on any atom is -0.324 e. The molecule has 0 saturated carbocycles. The van der Waals surface area contributed by atoms with Crippen molar-refractivity contribution in [2.45, 2.75) is 34.1 Å². The predicted octanol–water partition coefficient (Wildman–Crippen LogP) is 3.85. The fourth-order valence-electron chi connectivity index (χ4n) is 1.26. The van der Waals surface area contributed by atoms with Gasteiger partial charge in [-0.25, -0.2) is 4.98 Å². The Bertz CT molecular complexity index is 399. The van der Waals surface area contributed by atoms with Gasteiger partial charge in [-0.3, -0.25) is 4.79 Å². The molecule has 0 fully saturated rings. The van der Waals surface area contributed by atoms with Crippen molar-refractivity contribution in [3.63, 3.8) is 0 Å². The van der Waals surface area contributed by atoms with E-state index in [0.29, 0.717) is 16.9 Å². The van der Waals surface area contributed by atoms with E-state index in [0.717, 1.165) is 5.69 Å². The molecule has 0 aliphatic rings. The van der Waals surface area contributed by atoms with Gasteiger partial charge >= 0.3 is 0 Å². The molecule has 1 unspecified atom stereocenters. The SMILES string of the molecule is CC(CC(=O)Nc1cccnc1Br)C(C)(C)C. The second kappa shape index (κ2) is 5.63. The monoisotopic (exact) mass is 298 g/mol. The van der Waals surface area contributed by atoms with Crippen LogP contribution in [0.25, 0.3) is 0 Å². The number of nitrogens with zero attached hydrogens (tertiary/aromatic N) is 1. The molecule has 1 aromatic rings. The normalized spacial score (nSPS) is 13.2. The summed E-state index contributed by atoms with van der Waals surface area (Å²) in [6.45, 7) is 8.53. The van der Waals surface area contributed by atoms with E-state index in [1.54, 1.807) is 12.3 Å². The second-order valence-corrected chi connectivity index (χ2v) is 6.11. The van der Waals surface area contributed by atoms with Crippen LogP contribution in [0.5, 0.6) is 0 Å². The number of aromatic nitrogens is 1. The Morgan fingerprint density at radius 2 is 2.18 bits per heavy atom. The molecular weight excluding hydrogens is 280 g/mol. The van der Waals surface area contributed by atoms with Crippen LogP contribution < -0.4 is 5.32 Å². The molecule has 1 atom stereocenters. The largest absolute Gasteiger partial charge is 0.324 e. The van der Waals surface area contributed by atoms with Gasteiger partial charge in [0.05, 0.1) is 5.69 Å². The first kappa shape index (κ1) is 14.2. The standard InChI is InChI=1S/C13H19BrN2O/c1-9(13(2,3)4)8-11(17)16-10-6-5-7-15-12(10)14/h5-7,9H,8H2,1-4H3,(H,16,17). The Kier molecular flexibility index (Phi) is 4.69. The Morgan fingerprint density at radius 1 is 1.53 bits per heavy atom. The fraction of sp³-hybridized carbons (Fsp3) is 0.538. The summed E-state index contributed by atoms with van der Waals surface area (Å²) in [6.07, 6.45) is 2.20. The van der Waals surface area contributed by atoms with E-state index in [4.69, 9.17) is 0 Å². The van der Waals surface area contributed by atoms with Crippen LogP contribution in [-0.4, -0.2) is 10.9 Å². The van der Waals surface area contributed by atoms with Crippen molar-refractivity contribution < 1.29 is 4.79 Å². The lowest BCUT2D eigenvalue weighted by molar-refractivity contribution is -0.117. The second-order valence-electron chi connectivity index (χ2n) is 5.36. The van der Waals surface area contributed by atoms with E-state index in [1.807, 2.05) is 6.07 Å². The molecule has 1 aromatic heterocycles. The molecule has 0 aliphatic heterocycles. The maximum Gasteiger partial charge on any atom is 0.224 e. The molecule has 1 heterocycles. The number of halogens is 1. The van der Waals surface area contributed by atoms with Gasteiger partial charge in [-0.2, -0.15) is 0 Å². The Labute approximate surface area is 111 Å². The molecule has 0 radical (unpaired) electrons. The van der Waals surface area contributed by atoms with Crippen LogP contribution >= 0.6 is 15.9 Å². The molecule has 3 nitrogen and oxygen atoms in total. The third-order valence-electron chi connectivity index (χ3n) is 3.00. The van der Waals surface area contributed by atoms with E-state index in [1.165, 1.54) is 0 Å². The topological polar surface area (TPSA) is 42.0 Å². The number of carbonyl (C=O) groups excluding carboxylic acids is 1. The van der Waals surface area contributed by atoms with Crippen LogP contribution in [0.3, 0.4) is 0 Å². The lowest BCUT2D eigenvalue weighted by Gasteiger charge is -2.26. The van der Waals surface area contributed by atoms with Gasteiger partial charge in [0.1, 0.15) is 4.60 Å². The highest BCUT2D eigenvalue weighted by Crippen LogP contribution is 2.28. The average Bonchev–Trinajstić information content (AvgIpc) is 2.20. The number of pyridine rings is 1. The number of hydrogen-bond acceptors (Lipinski definition) is 2. The Balaban J connectivity index is 2.60. The van der Waals surface area contributed by atoms with Gasteiger partial charge in [-0.05, 0) is 39.4 Å². The number of rotatable bonds is 3. The summed E-state index contributed by atoms with van der Waals surface area (Å²) in [5, 5.41) is 2.86. The van der Waals surface area contributed by atoms with Crippen LogP contribution in [-0.2, 0) is 4.79 Å². The number of carbonyl (C=O) groups is 1. The van der Waals surface area contributed by atoms with Crippen molar-refractivity contribution in [1.82, 2.24) is 4.98 Å². The average molecular weight is 299 g/mol. The lowest BCUT2D eigenvalue weighted by Crippen LogP contribution is -2.24. The van der Waals surface area contributed by atoms with Gasteiger partial charge in [0.15, 0.2) is 0 Å². The van der Waals surface area contributed by atoms with Gasteiger partial charge in [0.25, 0.3) is 0 Å². The number of hydrogen-bond donors (Lipinski definition) is 1. The molecule has 1 rings (SSSR count). The van der Waals surface area contributed by atoms with Gasteiger partial charge in [0, 0.05) is 12.6 Å². The lowest BCUT2D eigenvalue weighted by atomic mass is 9.80. The summed E-state index contributed by atoms with van der Waals surface area (Å²) in [6, 6.07) is 3.63. The zero-order valence-corrected chi connectivity index (χ0v) is 12.3. The molecule has 4 heteroatoms. The molecule has 0 saturated heterocycles. The molecule has 0 bridgehead atoms. The molecule has 0 spiro atoms. The van der Waals surface area contributed by atoms with Crippen molar-refractivity contribution in [2.24, 2.45) is 11.3 Å². The van der Waals surface area contributed by atoms with Crippen molar-refractivity contribution >= 4 is 27.5 Å². The third-order valence-corrected chi connectivity index (χ3v) is 3.64. The van der Waals surface area contributed by atoms with Crippen molar-refractivity contribution in [3.8, 4) is 0 Å². The Hall–Kier alpha value is -0.900. The number of anilines is 1. The fourth-order valence-corrected chi connectivity index (χ4v) is 1.61. The van der Waals surface area contributed by atoms with Crippen LogP contribution in [0, 0.1) is 11.3 Å². The van der Waals surface area contributed by atoms with Crippen LogP contribution in [0.2, 0.25) is 0 Å². The molecule has 0 aromatic carbocycles. The van der Waals surface area contributed by atoms with Gasteiger partial charge in [-0.15, -0.1) is 0 Å². The van der Waals surface area contributed by atoms with Gasteiger partial charge < -0.3 is 5.32 Å². The zero-order chi connectivity index (χ0) is 13.1. The minimum absolute atomic E-state index is 0.0288. The van der Waals surface area contributed by atoms with E-state index in [9.17, 15) is 4.79 Å². The van der Waals surface area contributed by atoms with Crippen molar-refractivity contribution in [3.05, 3.63) is 22.9 Å². The van der Waals surface area contributed by atoms with Crippen LogP contribution in [0.15, 0.2) is 22.9 Å². The third kappa shape index (κ3) is 4.46. The molecule has 0 aliphatic carbocycles. The van der Waals surface area contributed by atoms with E-state index < -0.39 is 0 Å². The molecule has 1 amide bonds. The van der Waals surface area contributed by atoms with E-state index >= 15 is 0 Å². The summed E-state index contributed by atoms with van der Waals surface area (Å²) >= 11 is 3.30. The number of amides is 1. The van der Waals surface area contributed by atoms with E-state index in [-0.39, 0.29) is 11.3 Å². The highest BCUT2D eigenvalue weighted by molar-refractivity contribution is 9.10. The number of nitrogens with one attached hydrogen (secondary N) is 1. The highest BCUT2D eigenvalue weighted by atomic mass is 79.9. The zero-order valence-electron chi connectivity index (χ0n) is 10.7. The molecule has 17 heavy (non-hydrogen) atoms. The Morgan fingerprint density at radius 3 is 2.71 bits per heavy atom. The van der Waals surface area contributed by atoms with Crippen molar-refractivity contribution in [1.29, 1.82) is 0 Å². The predicted molar refractivity (Wildman–Crippen MR) is 73.8 cm³/mol. The van der Waals surface area contributed by atoms with Crippen molar-refractivity contribution in [2.75, 3.05) is 5.32 Å². The summed E-state index contributed by atoms with van der Waals surface area (Å²) < 4.78 is 0.664. The van der Waals surface area contributed by atoms with Gasteiger partial charge in [-0.1, -0.05) is 27.7 Å². The van der Waals surface area contributed by atoms with Crippen LogP contribution in [0.1, 0.15) is 34.1 Å². The first-order valence-electron chi connectivity index (χ1n) is 5.71. The van der Waals surface area contributed by atoms with Crippen LogP contribution in [0.4, 0.5) is 5.69 Å². The minimum atomic E-state index is 0.0288. The summed E-state index contributed by atoms with van der Waals surface area (Å²) in [5.74, 6) is 0.360. The van der Waals surface area contributed by atoms with Gasteiger partial charge in [0.2, 0.25) is 5.91 Å². The summed E-state index contributed by atoms with van der Waals surface area (Å²) in [5.41, 5.74) is 0.863. The smallest absolute Gasteiger partial charge is 0.224 e. The highest BCUT2D eigenvalue weighted by Gasteiger charge is 2.22. The quantitative estimate of drug-likeness (QED) is 0.861. The molecular formula is C13H19BrN2O. The molecule has 94 valence electrons. The maximum atomic E-state index is 11.9. The summed E-state index contributed by atoms with van der Waals surface area (Å²) in [4.78, 5) is 15.9. The summed E-state index contributed by atoms with van der Waals surface area (Å²) in [7, 11) is 0. The molecule has 1 N–H and O–H groups in total. The first-order valence-corrected chi connectivity index (χ1v) is 6.50. The van der Waals surface area contributed by atoms with E-state index in [2.05, 4.69) is 53.9 Å².